The molecule has 2 aromatic heterocycles. The lowest BCUT2D eigenvalue weighted by Gasteiger charge is -2.09. The van der Waals surface area contributed by atoms with Gasteiger partial charge in [-0.05, 0) is 62.2 Å². The minimum absolute atomic E-state index is 0.582. The number of hydrogen-bond acceptors (Lipinski definition) is 3. The zero-order valence-corrected chi connectivity index (χ0v) is 19.4. The Labute approximate surface area is 196 Å². The van der Waals surface area contributed by atoms with Crippen LogP contribution in [0.25, 0.3) is 39.2 Å². The van der Waals surface area contributed by atoms with E-state index in [2.05, 4.69) is 17.1 Å². The van der Waals surface area contributed by atoms with Crippen LogP contribution in [0, 0.1) is 4.77 Å². The van der Waals surface area contributed by atoms with E-state index < -0.39 is 0 Å². The molecule has 1 N–H and O–H groups in total. The second kappa shape index (κ2) is 8.39. The Bertz CT molecular complexity index is 1450. The second-order valence-electron chi connectivity index (χ2n) is 7.93. The Morgan fingerprint density at radius 2 is 1.66 bits per heavy atom. The molecule has 5 rings (SSSR count). The number of H-pyrrole nitrogens is 1. The van der Waals surface area contributed by atoms with Gasteiger partial charge < -0.3 is 4.98 Å². The molecule has 5 aromatic rings. The first-order valence-corrected chi connectivity index (χ1v) is 11.1. The van der Waals surface area contributed by atoms with Gasteiger partial charge in [0.25, 0.3) is 0 Å². The molecular formula is C25H22ClN5S. The Kier molecular flexibility index (Phi) is 5.43. The fourth-order valence-electron chi connectivity index (χ4n) is 3.98. The van der Waals surface area contributed by atoms with Crippen molar-refractivity contribution in [1.29, 1.82) is 0 Å². The summed E-state index contributed by atoms with van der Waals surface area (Å²) in [7, 11) is 4.01. The molecular weight excluding hydrogens is 438 g/mol. The minimum Gasteiger partial charge on any atom is -0.351 e. The zero-order chi connectivity index (χ0) is 22.2. The van der Waals surface area contributed by atoms with Crippen LogP contribution < -0.4 is 0 Å². The number of hydrogen-bond donors (Lipinski definition) is 1. The van der Waals surface area contributed by atoms with Crippen LogP contribution in [0.4, 0.5) is 0 Å². The van der Waals surface area contributed by atoms with E-state index in [1.54, 1.807) is 0 Å². The van der Waals surface area contributed by atoms with Crippen molar-refractivity contribution in [2.24, 2.45) is 0 Å². The average molecular weight is 460 g/mol. The van der Waals surface area contributed by atoms with Gasteiger partial charge in [-0.15, -0.1) is 5.10 Å². The highest BCUT2D eigenvalue weighted by atomic mass is 35.5. The smallest absolute Gasteiger partial charge is 0.204 e. The van der Waals surface area contributed by atoms with Crippen LogP contribution in [0.1, 0.15) is 0 Å². The number of aromatic amines is 1. The molecule has 0 aliphatic carbocycles. The fourth-order valence-corrected chi connectivity index (χ4v) is 4.44. The van der Waals surface area contributed by atoms with Gasteiger partial charge in [-0.2, -0.15) is 0 Å². The minimum atomic E-state index is 0.582. The third-order valence-electron chi connectivity index (χ3n) is 5.32. The van der Waals surface area contributed by atoms with Crippen LogP contribution in [-0.4, -0.2) is 38.3 Å². The van der Waals surface area contributed by atoms with Gasteiger partial charge in [-0.25, -0.2) is 4.68 Å². The summed E-state index contributed by atoms with van der Waals surface area (Å²) in [6.45, 7) is 0.582. The predicted octanol–water partition coefficient (Wildman–Crippen LogP) is 6.39. The quantitative estimate of drug-likeness (QED) is 0.309. The molecule has 0 bridgehead atoms. The summed E-state index contributed by atoms with van der Waals surface area (Å²) >= 11 is 12.3. The van der Waals surface area contributed by atoms with Crippen molar-refractivity contribution in [2.75, 3.05) is 14.1 Å². The summed E-state index contributed by atoms with van der Waals surface area (Å²) in [5.41, 5.74) is 5.01. The summed E-state index contributed by atoms with van der Waals surface area (Å²) < 4.78 is 4.51. The summed E-state index contributed by atoms with van der Waals surface area (Å²) in [6, 6.07) is 26.3. The SMILES string of the molecule is CN(C)Cn1nc(-c2[nH]c3ccc(Cl)cc3c2-c2ccccc2)n(-c2ccccc2)c1=S. The van der Waals surface area contributed by atoms with Gasteiger partial charge in [0.2, 0.25) is 4.77 Å². The molecule has 0 radical (unpaired) electrons. The van der Waals surface area contributed by atoms with Crippen molar-refractivity contribution in [3.63, 3.8) is 0 Å². The van der Waals surface area contributed by atoms with Gasteiger partial charge in [-0.1, -0.05) is 60.1 Å². The van der Waals surface area contributed by atoms with Crippen LogP contribution in [-0.2, 0) is 6.67 Å². The first-order valence-electron chi connectivity index (χ1n) is 10.3. The molecule has 0 aliphatic heterocycles. The number of halogens is 1. The predicted molar refractivity (Wildman–Crippen MR) is 134 cm³/mol. The van der Waals surface area contributed by atoms with Gasteiger partial charge in [0.05, 0.1) is 18.1 Å². The van der Waals surface area contributed by atoms with Crippen molar-refractivity contribution in [3.05, 3.63) is 88.7 Å². The standard InChI is InChI=1S/C25H22ClN5S/c1-29(2)16-30-25(32)31(19-11-7-4-8-12-19)24(28-30)23-22(17-9-5-3-6-10-17)20-15-18(26)13-14-21(20)27-23/h3-15,27H,16H2,1-2H3. The lowest BCUT2D eigenvalue weighted by Crippen LogP contribution is -2.18. The Morgan fingerprint density at radius 3 is 2.34 bits per heavy atom. The summed E-state index contributed by atoms with van der Waals surface area (Å²) in [6.07, 6.45) is 0. The first kappa shape index (κ1) is 20.7. The summed E-state index contributed by atoms with van der Waals surface area (Å²) in [5.74, 6) is 0.759. The van der Waals surface area contributed by atoms with Crippen LogP contribution in [0.5, 0.6) is 0 Å². The highest BCUT2D eigenvalue weighted by Gasteiger charge is 2.22. The van der Waals surface area contributed by atoms with Crippen molar-refractivity contribution >= 4 is 34.7 Å². The lowest BCUT2D eigenvalue weighted by atomic mass is 10.0. The number of aromatic nitrogens is 4. The Balaban J connectivity index is 1.86. The van der Waals surface area contributed by atoms with Gasteiger partial charge >= 0.3 is 0 Å². The number of para-hydroxylation sites is 1. The van der Waals surface area contributed by atoms with Crippen LogP contribution in [0.2, 0.25) is 5.02 Å². The number of fused-ring (bicyclic) bond motifs is 1. The Morgan fingerprint density at radius 1 is 0.969 bits per heavy atom. The Hall–Kier alpha value is -3.19. The molecule has 0 unspecified atom stereocenters. The molecule has 3 aromatic carbocycles. The monoisotopic (exact) mass is 459 g/mol. The summed E-state index contributed by atoms with van der Waals surface area (Å²) in [5, 5.41) is 6.71. The summed E-state index contributed by atoms with van der Waals surface area (Å²) in [4.78, 5) is 5.64. The average Bonchev–Trinajstić information content (AvgIpc) is 3.32. The molecule has 0 atom stereocenters. The zero-order valence-electron chi connectivity index (χ0n) is 17.8. The molecule has 2 heterocycles. The largest absolute Gasteiger partial charge is 0.351 e. The van der Waals surface area contributed by atoms with Crippen molar-refractivity contribution in [1.82, 2.24) is 24.2 Å². The normalized spacial score (nSPS) is 11.5. The van der Waals surface area contributed by atoms with Crippen molar-refractivity contribution in [2.45, 2.75) is 6.67 Å². The number of nitrogens with zero attached hydrogens (tertiary/aromatic N) is 4. The van der Waals surface area contributed by atoms with E-state index in [4.69, 9.17) is 28.9 Å². The number of benzene rings is 3. The van der Waals surface area contributed by atoms with Gasteiger partial charge in [0.1, 0.15) is 0 Å². The van der Waals surface area contributed by atoms with E-state index in [1.165, 1.54) is 0 Å². The van der Waals surface area contributed by atoms with Crippen molar-refractivity contribution in [3.8, 4) is 28.3 Å². The van der Waals surface area contributed by atoms with Crippen LogP contribution in [0.15, 0.2) is 78.9 Å². The maximum absolute atomic E-state index is 6.39. The number of rotatable bonds is 5. The number of nitrogens with one attached hydrogen (secondary N) is 1. The molecule has 0 saturated heterocycles. The van der Waals surface area contributed by atoms with Crippen LogP contribution in [0.3, 0.4) is 0 Å². The highest BCUT2D eigenvalue weighted by Crippen LogP contribution is 2.39. The van der Waals surface area contributed by atoms with Gasteiger partial charge in [0.15, 0.2) is 5.82 Å². The molecule has 0 amide bonds. The molecule has 0 aliphatic rings. The van der Waals surface area contributed by atoms with Gasteiger partial charge in [-0.3, -0.25) is 9.47 Å². The molecule has 32 heavy (non-hydrogen) atoms. The molecule has 7 heteroatoms. The maximum atomic E-state index is 6.39. The molecule has 160 valence electrons. The van der Waals surface area contributed by atoms with E-state index >= 15 is 0 Å². The van der Waals surface area contributed by atoms with E-state index in [1.807, 2.05) is 95.0 Å². The van der Waals surface area contributed by atoms with E-state index in [9.17, 15) is 0 Å². The highest BCUT2D eigenvalue weighted by molar-refractivity contribution is 7.71. The third-order valence-corrected chi connectivity index (χ3v) is 5.95. The lowest BCUT2D eigenvalue weighted by molar-refractivity contribution is 0.304. The first-order chi connectivity index (χ1) is 15.5. The van der Waals surface area contributed by atoms with Crippen molar-refractivity contribution < 1.29 is 0 Å². The van der Waals surface area contributed by atoms with E-state index in [0.29, 0.717) is 16.5 Å². The third kappa shape index (κ3) is 3.66. The van der Waals surface area contributed by atoms with Gasteiger partial charge in [0, 0.05) is 21.5 Å². The maximum Gasteiger partial charge on any atom is 0.204 e. The molecule has 5 nitrogen and oxygen atoms in total. The molecule has 0 spiro atoms. The second-order valence-corrected chi connectivity index (χ2v) is 8.73. The topological polar surface area (TPSA) is 41.8 Å². The molecule has 0 saturated carbocycles. The van der Waals surface area contributed by atoms with Crippen LogP contribution >= 0.6 is 23.8 Å². The van der Waals surface area contributed by atoms with E-state index in [-0.39, 0.29) is 0 Å². The molecule has 0 fully saturated rings. The fraction of sp³-hybridized carbons (Fsp3) is 0.120. The van der Waals surface area contributed by atoms with E-state index in [0.717, 1.165) is 39.2 Å².